The number of hydrogen-bond donors (Lipinski definition) is 1. The summed E-state index contributed by atoms with van der Waals surface area (Å²) in [5.41, 5.74) is 2.73. The quantitative estimate of drug-likeness (QED) is 0.857. The second kappa shape index (κ2) is 7.12. The fraction of sp³-hybridized carbons (Fsp3) is 0.667. The van der Waals surface area contributed by atoms with Crippen molar-refractivity contribution in [3.63, 3.8) is 0 Å². The zero-order chi connectivity index (χ0) is 14.5. The molecular formula is C18H30N2. The van der Waals surface area contributed by atoms with Gasteiger partial charge >= 0.3 is 0 Å². The van der Waals surface area contributed by atoms with Gasteiger partial charge in [0, 0.05) is 24.8 Å². The molecule has 1 N–H and O–H groups in total. The van der Waals surface area contributed by atoms with Gasteiger partial charge in [-0.3, -0.25) is 0 Å². The van der Waals surface area contributed by atoms with Gasteiger partial charge in [0.1, 0.15) is 0 Å². The van der Waals surface area contributed by atoms with E-state index in [1.54, 1.807) is 0 Å². The van der Waals surface area contributed by atoms with E-state index in [9.17, 15) is 0 Å². The Balaban J connectivity index is 2.01. The van der Waals surface area contributed by atoms with Crippen molar-refractivity contribution in [3.05, 3.63) is 29.8 Å². The van der Waals surface area contributed by atoms with E-state index in [4.69, 9.17) is 0 Å². The van der Waals surface area contributed by atoms with Gasteiger partial charge in [0.2, 0.25) is 0 Å². The summed E-state index contributed by atoms with van der Waals surface area (Å²) < 4.78 is 0. The smallest absolute Gasteiger partial charge is 0.0366 e. The van der Waals surface area contributed by atoms with Crippen LogP contribution in [0.2, 0.25) is 0 Å². The highest BCUT2D eigenvalue weighted by molar-refractivity contribution is 5.48. The summed E-state index contributed by atoms with van der Waals surface area (Å²) in [6.45, 7) is 7.79. The normalized spacial score (nSPS) is 24.4. The van der Waals surface area contributed by atoms with E-state index in [0.717, 1.165) is 18.5 Å². The number of rotatable bonds is 5. The lowest BCUT2D eigenvalue weighted by atomic mass is 9.86. The Kier molecular flexibility index (Phi) is 5.47. The van der Waals surface area contributed by atoms with Crippen LogP contribution in [0.4, 0.5) is 5.69 Å². The highest BCUT2D eigenvalue weighted by Crippen LogP contribution is 2.30. The first kappa shape index (κ1) is 15.4. The van der Waals surface area contributed by atoms with Crippen LogP contribution in [0, 0.1) is 5.92 Å². The molecule has 3 atom stereocenters. The van der Waals surface area contributed by atoms with Crippen molar-refractivity contribution in [2.75, 3.05) is 18.5 Å². The Hall–Kier alpha value is -1.02. The highest BCUT2D eigenvalue weighted by Gasteiger charge is 2.22. The first-order valence-electron chi connectivity index (χ1n) is 8.18. The molecule has 2 heteroatoms. The molecule has 0 heterocycles. The van der Waals surface area contributed by atoms with E-state index in [2.05, 4.69) is 62.3 Å². The van der Waals surface area contributed by atoms with Crippen LogP contribution < -0.4 is 10.2 Å². The van der Waals surface area contributed by atoms with Crippen molar-refractivity contribution in [1.29, 1.82) is 0 Å². The van der Waals surface area contributed by atoms with Crippen molar-refractivity contribution < 1.29 is 0 Å². The maximum Gasteiger partial charge on any atom is 0.0366 e. The highest BCUT2D eigenvalue weighted by atomic mass is 15.1. The van der Waals surface area contributed by atoms with Crippen molar-refractivity contribution in [1.82, 2.24) is 5.32 Å². The molecule has 0 saturated heterocycles. The van der Waals surface area contributed by atoms with Crippen LogP contribution >= 0.6 is 0 Å². The van der Waals surface area contributed by atoms with E-state index in [0.29, 0.717) is 6.04 Å². The van der Waals surface area contributed by atoms with E-state index >= 15 is 0 Å². The summed E-state index contributed by atoms with van der Waals surface area (Å²) in [6, 6.07) is 10.3. The third-order valence-corrected chi connectivity index (χ3v) is 4.77. The van der Waals surface area contributed by atoms with Gasteiger partial charge in [-0.25, -0.2) is 0 Å². The molecule has 0 radical (unpaired) electrons. The standard InChI is InChI=1S/C18H30N2/c1-5-19-15(3)16-9-11-17(12-10-16)20(4)18-8-6-7-14(2)13-18/h9-12,14-15,18-19H,5-8,13H2,1-4H3. The Labute approximate surface area is 124 Å². The zero-order valence-electron chi connectivity index (χ0n) is 13.5. The minimum absolute atomic E-state index is 0.439. The molecule has 2 rings (SSSR count). The van der Waals surface area contributed by atoms with Crippen LogP contribution in [-0.4, -0.2) is 19.6 Å². The molecule has 1 aromatic rings. The average Bonchev–Trinajstić information content (AvgIpc) is 2.47. The van der Waals surface area contributed by atoms with Crippen LogP contribution in [-0.2, 0) is 0 Å². The van der Waals surface area contributed by atoms with Crippen molar-refractivity contribution in [3.8, 4) is 0 Å². The molecule has 0 aromatic heterocycles. The molecule has 1 aliphatic rings. The Morgan fingerprint density at radius 1 is 1.25 bits per heavy atom. The van der Waals surface area contributed by atoms with Crippen LogP contribution in [0.1, 0.15) is 58.1 Å². The van der Waals surface area contributed by atoms with Gasteiger partial charge in [0.15, 0.2) is 0 Å². The monoisotopic (exact) mass is 274 g/mol. The SMILES string of the molecule is CCNC(C)c1ccc(N(C)C2CCCC(C)C2)cc1. The minimum atomic E-state index is 0.439. The predicted molar refractivity (Wildman–Crippen MR) is 88.4 cm³/mol. The lowest BCUT2D eigenvalue weighted by molar-refractivity contribution is 0.336. The van der Waals surface area contributed by atoms with E-state index in [1.807, 2.05) is 0 Å². The summed E-state index contributed by atoms with van der Waals surface area (Å²) in [4.78, 5) is 2.48. The summed E-state index contributed by atoms with van der Waals surface area (Å²) in [5.74, 6) is 0.879. The predicted octanol–water partition coefficient (Wildman–Crippen LogP) is 4.37. The van der Waals surface area contributed by atoms with Crippen LogP contribution in [0.3, 0.4) is 0 Å². The number of anilines is 1. The van der Waals surface area contributed by atoms with Gasteiger partial charge in [0.25, 0.3) is 0 Å². The first-order valence-corrected chi connectivity index (χ1v) is 8.18. The molecule has 0 amide bonds. The van der Waals surface area contributed by atoms with Crippen LogP contribution in [0.5, 0.6) is 0 Å². The summed E-state index contributed by atoms with van der Waals surface area (Å²) in [5, 5.41) is 3.47. The van der Waals surface area contributed by atoms with Gasteiger partial charge in [0.05, 0.1) is 0 Å². The topological polar surface area (TPSA) is 15.3 Å². The van der Waals surface area contributed by atoms with Gasteiger partial charge in [-0.15, -0.1) is 0 Å². The van der Waals surface area contributed by atoms with Gasteiger partial charge < -0.3 is 10.2 Å². The molecule has 3 unspecified atom stereocenters. The third-order valence-electron chi connectivity index (χ3n) is 4.77. The van der Waals surface area contributed by atoms with Gasteiger partial charge in [-0.05, 0) is 49.9 Å². The minimum Gasteiger partial charge on any atom is -0.372 e. The number of nitrogens with one attached hydrogen (secondary N) is 1. The fourth-order valence-corrected chi connectivity index (χ4v) is 3.39. The number of hydrogen-bond acceptors (Lipinski definition) is 2. The Morgan fingerprint density at radius 2 is 1.95 bits per heavy atom. The molecule has 1 aromatic carbocycles. The molecule has 0 bridgehead atoms. The van der Waals surface area contributed by atoms with Crippen molar-refractivity contribution >= 4 is 5.69 Å². The Morgan fingerprint density at radius 3 is 2.55 bits per heavy atom. The van der Waals surface area contributed by atoms with Crippen LogP contribution in [0.15, 0.2) is 24.3 Å². The van der Waals surface area contributed by atoms with Crippen molar-refractivity contribution in [2.45, 2.75) is 58.5 Å². The maximum atomic E-state index is 3.47. The second-order valence-corrected chi connectivity index (χ2v) is 6.41. The maximum absolute atomic E-state index is 3.47. The summed E-state index contributed by atoms with van der Waals surface area (Å²) in [6.07, 6.45) is 5.47. The molecule has 1 aliphatic carbocycles. The molecule has 20 heavy (non-hydrogen) atoms. The van der Waals surface area contributed by atoms with E-state index < -0.39 is 0 Å². The Bertz CT molecular complexity index is 398. The molecule has 0 aliphatic heterocycles. The van der Waals surface area contributed by atoms with Gasteiger partial charge in [-0.2, -0.15) is 0 Å². The number of nitrogens with zero attached hydrogens (tertiary/aromatic N) is 1. The molecule has 112 valence electrons. The summed E-state index contributed by atoms with van der Waals surface area (Å²) in [7, 11) is 2.26. The lowest BCUT2D eigenvalue weighted by Gasteiger charge is -2.35. The molecule has 2 nitrogen and oxygen atoms in total. The molecular weight excluding hydrogens is 244 g/mol. The van der Waals surface area contributed by atoms with Gasteiger partial charge in [-0.1, -0.05) is 38.8 Å². The molecule has 1 saturated carbocycles. The summed E-state index contributed by atoms with van der Waals surface area (Å²) >= 11 is 0. The van der Waals surface area contributed by atoms with Crippen molar-refractivity contribution in [2.24, 2.45) is 5.92 Å². The van der Waals surface area contributed by atoms with E-state index in [-0.39, 0.29) is 0 Å². The lowest BCUT2D eigenvalue weighted by Crippen LogP contribution is -2.35. The third kappa shape index (κ3) is 3.76. The zero-order valence-corrected chi connectivity index (χ0v) is 13.5. The average molecular weight is 274 g/mol. The molecule has 1 fully saturated rings. The largest absolute Gasteiger partial charge is 0.372 e. The number of benzene rings is 1. The fourth-order valence-electron chi connectivity index (χ4n) is 3.39. The second-order valence-electron chi connectivity index (χ2n) is 6.41. The van der Waals surface area contributed by atoms with E-state index in [1.165, 1.54) is 36.9 Å². The first-order chi connectivity index (χ1) is 9.61. The molecule has 0 spiro atoms. The van der Waals surface area contributed by atoms with Crippen LogP contribution in [0.25, 0.3) is 0 Å².